The summed E-state index contributed by atoms with van der Waals surface area (Å²) in [7, 11) is 0. The molecule has 4 N–H and O–H groups in total. The van der Waals surface area contributed by atoms with Gasteiger partial charge in [0.15, 0.2) is 0 Å². The molecular formula is C14H15N3O2. The van der Waals surface area contributed by atoms with Gasteiger partial charge in [-0.2, -0.15) is 0 Å². The first-order valence-electron chi connectivity index (χ1n) is 5.85. The van der Waals surface area contributed by atoms with Crippen LogP contribution in [0.3, 0.4) is 0 Å². The number of hydrogen-bond donors (Lipinski definition) is 3. The minimum Gasteiger partial charge on any atom is -0.508 e. The highest BCUT2D eigenvalue weighted by Crippen LogP contribution is 2.18. The fourth-order valence-corrected chi connectivity index (χ4v) is 1.70. The van der Waals surface area contributed by atoms with Crippen LogP contribution in [-0.4, -0.2) is 16.0 Å². The maximum absolute atomic E-state index is 11.9. The van der Waals surface area contributed by atoms with E-state index in [-0.39, 0.29) is 17.2 Å². The van der Waals surface area contributed by atoms with E-state index in [1.807, 2.05) is 25.1 Å². The van der Waals surface area contributed by atoms with Gasteiger partial charge in [0.05, 0.1) is 17.8 Å². The molecule has 0 spiro atoms. The number of carbonyl (C=O) groups excluding carboxylic acids is 1. The average molecular weight is 257 g/mol. The fourth-order valence-electron chi connectivity index (χ4n) is 1.70. The molecule has 98 valence electrons. The molecule has 0 saturated carbocycles. The summed E-state index contributed by atoms with van der Waals surface area (Å²) in [5.74, 6) is -0.329. The van der Waals surface area contributed by atoms with Crippen molar-refractivity contribution in [1.29, 1.82) is 0 Å². The Balaban J connectivity index is 2.07. The van der Waals surface area contributed by atoms with Crippen LogP contribution >= 0.6 is 0 Å². The second kappa shape index (κ2) is 5.39. The highest BCUT2D eigenvalue weighted by atomic mass is 16.3. The van der Waals surface area contributed by atoms with Crippen molar-refractivity contribution in [3.8, 4) is 5.75 Å². The zero-order valence-electron chi connectivity index (χ0n) is 10.6. The van der Waals surface area contributed by atoms with E-state index in [9.17, 15) is 9.90 Å². The fraction of sp³-hybridized carbons (Fsp3) is 0.143. The van der Waals surface area contributed by atoms with Crippen molar-refractivity contribution in [1.82, 2.24) is 10.3 Å². The lowest BCUT2D eigenvalue weighted by Gasteiger charge is -2.08. The van der Waals surface area contributed by atoms with Crippen molar-refractivity contribution in [2.45, 2.75) is 13.5 Å². The third-order valence-corrected chi connectivity index (χ3v) is 2.66. The van der Waals surface area contributed by atoms with Crippen molar-refractivity contribution in [3.63, 3.8) is 0 Å². The first kappa shape index (κ1) is 12.9. The molecule has 0 saturated heterocycles. The summed E-state index contributed by atoms with van der Waals surface area (Å²) in [6.07, 6.45) is 0. The molecule has 1 aromatic carbocycles. The smallest absolute Gasteiger partial charge is 0.253 e. The van der Waals surface area contributed by atoms with Crippen LogP contribution in [0.5, 0.6) is 5.75 Å². The van der Waals surface area contributed by atoms with Gasteiger partial charge in [0, 0.05) is 11.4 Å². The van der Waals surface area contributed by atoms with Gasteiger partial charge in [-0.25, -0.2) is 0 Å². The standard InChI is InChI=1S/C14H15N3O2/c1-9-3-2-4-10(17-9)8-16-14(19)12-7-11(18)5-6-13(12)15/h2-7,18H,8,15H2,1H3,(H,16,19). The van der Waals surface area contributed by atoms with Crippen molar-refractivity contribution in [3.05, 3.63) is 53.3 Å². The van der Waals surface area contributed by atoms with Crippen LogP contribution in [-0.2, 0) is 6.54 Å². The van der Waals surface area contributed by atoms with Crippen molar-refractivity contribution in [2.75, 3.05) is 5.73 Å². The van der Waals surface area contributed by atoms with Gasteiger partial charge in [0.25, 0.3) is 5.91 Å². The predicted molar refractivity (Wildman–Crippen MR) is 72.7 cm³/mol. The third kappa shape index (κ3) is 3.22. The van der Waals surface area contributed by atoms with Gasteiger partial charge in [-0.05, 0) is 37.3 Å². The number of amides is 1. The summed E-state index contributed by atoms with van der Waals surface area (Å²) in [6.45, 7) is 2.20. The Hall–Kier alpha value is -2.56. The number of nitrogens with zero attached hydrogens (tertiary/aromatic N) is 1. The van der Waals surface area contributed by atoms with E-state index in [1.54, 1.807) is 0 Å². The summed E-state index contributed by atoms with van der Waals surface area (Å²) in [5.41, 5.74) is 7.94. The summed E-state index contributed by atoms with van der Waals surface area (Å²) in [5, 5.41) is 12.1. The monoisotopic (exact) mass is 257 g/mol. The molecule has 1 heterocycles. The minimum atomic E-state index is -0.336. The maximum Gasteiger partial charge on any atom is 0.253 e. The Bertz CT molecular complexity index is 611. The molecular weight excluding hydrogens is 242 g/mol. The number of hydrogen-bond acceptors (Lipinski definition) is 4. The number of pyridine rings is 1. The number of carbonyl (C=O) groups is 1. The molecule has 2 aromatic rings. The third-order valence-electron chi connectivity index (χ3n) is 2.66. The van der Waals surface area contributed by atoms with E-state index in [2.05, 4.69) is 10.3 Å². The Morgan fingerprint density at radius 2 is 2.16 bits per heavy atom. The minimum absolute atomic E-state index is 0.00744. The van der Waals surface area contributed by atoms with Gasteiger partial charge in [0.2, 0.25) is 0 Å². The molecule has 0 atom stereocenters. The van der Waals surface area contributed by atoms with Crippen LogP contribution < -0.4 is 11.1 Å². The summed E-state index contributed by atoms with van der Waals surface area (Å²) >= 11 is 0. The number of anilines is 1. The van der Waals surface area contributed by atoms with E-state index < -0.39 is 0 Å². The van der Waals surface area contributed by atoms with E-state index in [1.165, 1.54) is 18.2 Å². The first-order chi connectivity index (χ1) is 9.06. The van der Waals surface area contributed by atoms with Gasteiger partial charge < -0.3 is 16.2 Å². The first-order valence-corrected chi connectivity index (χ1v) is 5.85. The molecule has 0 radical (unpaired) electrons. The van der Waals surface area contributed by atoms with Gasteiger partial charge >= 0.3 is 0 Å². The molecule has 5 nitrogen and oxygen atoms in total. The number of aromatic hydroxyl groups is 1. The summed E-state index contributed by atoms with van der Waals surface area (Å²) < 4.78 is 0. The molecule has 5 heteroatoms. The molecule has 1 aromatic heterocycles. The number of rotatable bonds is 3. The zero-order valence-corrected chi connectivity index (χ0v) is 10.6. The highest BCUT2D eigenvalue weighted by molar-refractivity contribution is 5.99. The molecule has 1 amide bonds. The molecule has 0 bridgehead atoms. The average Bonchev–Trinajstić information content (AvgIpc) is 2.39. The van der Waals surface area contributed by atoms with Crippen molar-refractivity contribution in [2.24, 2.45) is 0 Å². The summed E-state index contributed by atoms with van der Waals surface area (Å²) in [6, 6.07) is 9.88. The lowest BCUT2D eigenvalue weighted by molar-refractivity contribution is 0.0951. The molecule has 0 aliphatic rings. The number of nitrogen functional groups attached to an aromatic ring is 1. The van der Waals surface area contributed by atoms with Crippen molar-refractivity contribution >= 4 is 11.6 Å². The molecule has 0 aliphatic heterocycles. The van der Waals surface area contributed by atoms with E-state index >= 15 is 0 Å². The Kier molecular flexibility index (Phi) is 3.66. The Morgan fingerprint density at radius 3 is 2.89 bits per heavy atom. The van der Waals surface area contributed by atoms with E-state index in [0.717, 1.165) is 11.4 Å². The van der Waals surface area contributed by atoms with Crippen LogP contribution in [0.25, 0.3) is 0 Å². The molecule has 0 fully saturated rings. The second-order valence-electron chi connectivity index (χ2n) is 4.22. The van der Waals surface area contributed by atoms with Crippen LogP contribution in [0, 0.1) is 6.92 Å². The van der Waals surface area contributed by atoms with Crippen LogP contribution in [0.4, 0.5) is 5.69 Å². The van der Waals surface area contributed by atoms with Crippen LogP contribution in [0.2, 0.25) is 0 Å². The molecule has 19 heavy (non-hydrogen) atoms. The van der Waals surface area contributed by atoms with Gasteiger partial charge in [-0.1, -0.05) is 6.07 Å². The number of nitrogens with two attached hydrogens (primary N) is 1. The quantitative estimate of drug-likeness (QED) is 0.575. The number of aryl methyl sites for hydroxylation is 1. The number of aromatic nitrogens is 1. The molecule has 2 rings (SSSR count). The van der Waals surface area contributed by atoms with Gasteiger partial charge in [-0.15, -0.1) is 0 Å². The van der Waals surface area contributed by atoms with Crippen LogP contribution in [0.1, 0.15) is 21.7 Å². The normalized spacial score (nSPS) is 10.2. The Morgan fingerprint density at radius 1 is 1.37 bits per heavy atom. The van der Waals surface area contributed by atoms with E-state index in [4.69, 9.17) is 5.73 Å². The number of nitrogens with one attached hydrogen (secondary N) is 1. The molecule has 0 aliphatic carbocycles. The predicted octanol–water partition coefficient (Wildman–Crippen LogP) is 1.61. The lowest BCUT2D eigenvalue weighted by Crippen LogP contribution is -2.24. The molecule has 0 unspecified atom stereocenters. The largest absolute Gasteiger partial charge is 0.508 e. The number of phenols is 1. The number of phenolic OH excluding ortho intramolecular Hbond substituents is 1. The highest BCUT2D eigenvalue weighted by Gasteiger charge is 2.10. The topological polar surface area (TPSA) is 88.2 Å². The van der Waals surface area contributed by atoms with Crippen molar-refractivity contribution < 1.29 is 9.90 Å². The van der Waals surface area contributed by atoms with Crippen LogP contribution in [0.15, 0.2) is 36.4 Å². The van der Waals surface area contributed by atoms with E-state index in [0.29, 0.717) is 12.2 Å². The zero-order chi connectivity index (χ0) is 13.8. The second-order valence-corrected chi connectivity index (χ2v) is 4.22. The maximum atomic E-state index is 11.9. The summed E-state index contributed by atoms with van der Waals surface area (Å²) in [4.78, 5) is 16.2. The Labute approximate surface area is 111 Å². The van der Waals surface area contributed by atoms with Gasteiger partial charge in [-0.3, -0.25) is 9.78 Å². The van der Waals surface area contributed by atoms with Gasteiger partial charge in [0.1, 0.15) is 5.75 Å². The SMILES string of the molecule is Cc1cccc(CNC(=O)c2cc(O)ccc2N)n1. The number of benzene rings is 1. The lowest BCUT2D eigenvalue weighted by atomic mass is 10.1.